The number of carbonyl (C=O) groups excluding carboxylic acids is 1. The van der Waals surface area contributed by atoms with Crippen LogP contribution in [0.1, 0.15) is 68.7 Å². The number of aromatic nitrogens is 5. The maximum Gasteiger partial charge on any atom is 0.268 e. The molecule has 1 aliphatic carbocycles. The maximum absolute atomic E-state index is 13.9. The van der Waals surface area contributed by atoms with Crippen LogP contribution in [0, 0.1) is 18.3 Å². The number of halogens is 2. The van der Waals surface area contributed by atoms with Crippen molar-refractivity contribution in [1.29, 1.82) is 0 Å². The van der Waals surface area contributed by atoms with Gasteiger partial charge in [-0.25, -0.2) is 31.6 Å². The number of hydrogen-bond donors (Lipinski definition) is 1. The number of anilines is 1. The molecule has 0 bridgehead atoms. The Morgan fingerprint density at radius 3 is 2.52 bits per heavy atom. The molecule has 3 aromatic heterocycles. The van der Waals surface area contributed by atoms with Crippen LogP contribution in [-0.4, -0.2) is 63.5 Å². The van der Waals surface area contributed by atoms with Crippen LogP contribution in [0.3, 0.4) is 0 Å². The topological polar surface area (TPSA) is 124 Å². The Morgan fingerprint density at radius 2 is 1.95 bits per heavy atom. The van der Waals surface area contributed by atoms with Crippen molar-refractivity contribution in [2.24, 2.45) is 18.4 Å². The number of hydrogen-bond acceptors (Lipinski definition) is 8. The van der Waals surface area contributed by atoms with Crippen molar-refractivity contribution in [2.75, 3.05) is 18.1 Å². The van der Waals surface area contributed by atoms with Gasteiger partial charge >= 0.3 is 0 Å². The standard InChI is InChI=1S/C28H37F2N7O4S/c1-18-13-26(3,4)36(15-18)24-21(25(38)34-42(39,40)22-14-31-35(6)19(22)2)7-8-23(32-24)37-12-9-20(33-37)16-41-17-28(10-11-28)27(5,29)30/h7-9,12,14,18H,10-11,13,15-17H2,1-6H3,(H,34,38)/t18-/m0/s1. The number of sulfonamides is 1. The predicted octanol–water partition coefficient (Wildman–Crippen LogP) is 4.00. The number of nitrogens with one attached hydrogen (secondary N) is 1. The third kappa shape index (κ3) is 5.65. The quantitative estimate of drug-likeness (QED) is 0.368. The van der Waals surface area contributed by atoms with Gasteiger partial charge in [0.15, 0.2) is 5.82 Å². The predicted molar refractivity (Wildman–Crippen MR) is 151 cm³/mol. The van der Waals surface area contributed by atoms with E-state index < -0.39 is 27.3 Å². The van der Waals surface area contributed by atoms with Crippen molar-refractivity contribution >= 4 is 21.7 Å². The molecule has 1 atom stereocenters. The third-order valence-electron chi connectivity index (χ3n) is 8.43. The fourth-order valence-electron chi connectivity index (χ4n) is 5.66. The van der Waals surface area contributed by atoms with Crippen LogP contribution < -0.4 is 9.62 Å². The lowest BCUT2D eigenvalue weighted by molar-refractivity contribution is -0.0911. The summed E-state index contributed by atoms with van der Waals surface area (Å²) in [5, 5.41) is 8.48. The normalized spacial score (nSPS) is 19.7. The molecular weight excluding hydrogens is 568 g/mol. The molecule has 1 saturated carbocycles. The molecule has 2 fully saturated rings. The molecule has 5 rings (SSSR count). The van der Waals surface area contributed by atoms with E-state index in [0.29, 0.717) is 48.3 Å². The lowest BCUT2D eigenvalue weighted by Gasteiger charge is -2.34. The summed E-state index contributed by atoms with van der Waals surface area (Å²) in [4.78, 5) is 20.2. The van der Waals surface area contributed by atoms with Crippen LogP contribution in [0.15, 0.2) is 35.5 Å². The summed E-state index contributed by atoms with van der Waals surface area (Å²) in [6.45, 7) is 9.41. The van der Waals surface area contributed by atoms with E-state index in [1.165, 1.54) is 21.6 Å². The summed E-state index contributed by atoms with van der Waals surface area (Å²) in [7, 11) is -2.57. The average Bonchev–Trinajstić information content (AvgIpc) is 3.27. The highest BCUT2D eigenvalue weighted by atomic mass is 32.2. The van der Waals surface area contributed by atoms with Gasteiger partial charge in [0.05, 0.1) is 41.8 Å². The molecule has 3 aromatic rings. The van der Waals surface area contributed by atoms with Gasteiger partial charge in [-0.1, -0.05) is 6.92 Å². The SMILES string of the molecule is Cc1c(S(=O)(=O)NC(=O)c2ccc(-n3ccc(COCC4(C(C)(F)F)CC4)n3)nc2N2C[C@@H](C)CC2(C)C)cnn1C. The van der Waals surface area contributed by atoms with E-state index in [0.717, 1.165) is 13.3 Å². The van der Waals surface area contributed by atoms with Crippen LogP contribution >= 0.6 is 0 Å². The number of ether oxygens (including phenoxy) is 1. The van der Waals surface area contributed by atoms with E-state index >= 15 is 0 Å². The molecular formula is C28H37F2N7O4S. The minimum Gasteiger partial charge on any atom is -0.374 e. The zero-order chi connectivity index (χ0) is 30.7. The zero-order valence-electron chi connectivity index (χ0n) is 24.7. The van der Waals surface area contributed by atoms with Gasteiger partial charge in [-0.3, -0.25) is 9.48 Å². The summed E-state index contributed by atoms with van der Waals surface area (Å²) >= 11 is 0. The van der Waals surface area contributed by atoms with Crippen molar-refractivity contribution < 1.29 is 26.7 Å². The van der Waals surface area contributed by atoms with Crippen molar-refractivity contribution in [2.45, 2.75) is 76.8 Å². The third-order valence-corrected chi connectivity index (χ3v) is 9.87. The second-order valence-electron chi connectivity index (χ2n) is 12.3. The Kier molecular flexibility index (Phi) is 7.45. The van der Waals surface area contributed by atoms with Gasteiger partial charge in [0, 0.05) is 25.3 Å². The lowest BCUT2D eigenvalue weighted by Crippen LogP contribution is -2.41. The summed E-state index contributed by atoms with van der Waals surface area (Å²) in [5.41, 5.74) is -0.388. The highest BCUT2D eigenvalue weighted by Crippen LogP contribution is 2.56. The van der Waals surface area contributed by atoms with Gasteiger partial charge < -0.3 is 9.64 Å². The van der Waals surface area contributed by atoms with Crippen LogP contribution in [0.4, 0.5) is 14.6 Å². The zero-order valence-corrected chi connectivity index (χ0v) is 25.5. The van der Waals surface area contributed by atoms with Gasteiger partial charge in [0.25, 0.3) is 21.9 Å². The molecule has 0 aromatic carbocycles. The highest BCUT2D eigenvalue weighted by Gasteiger charge is 2.59. The Balaban J connectivity index is 1.41. The molecule has 1 amide bonds. The molecule has 2 aliphatic rings. The van der Waals surface area contributed by atoms with E-state index in [4.69, 9.17) is 9.72 Å². The summed E-state index contributed by atoms with van der Waals surface area (Å²) in [6.07, 6.45) is 4.61. The molecule has 0 radical (unpaired) electrons. The molecule has 14 heteroatoms. The Morgan fingerprint density at radius 1 is 1.24 bits per heavy atom. The Bertz CT molecular complexity index is 1610. The molecule has 11 nitrogen and oxygen atoms in total. The van der Waals surface area contributed by atoms with Gasteiger partial charge in [-0.15, -0.1) is 0 Å². The van der Waals surface area contributed by atoms with Gasteiger partial charge in [0.1, 0.15) is 10.7 Å². The van der Waals surface area contributed by atoms with Crippen molar-refractivity contribution in [3.8, 4) is 5.82 Å². The molecule has 0 unspecified atom stereocenters. The largest absolute Gasteiger partial charge is 0.374 e. The second-order valence-corrected chi connectivity index (χ2v) is 14.0. The smallest absolute Gasteiger partial charge is 0.268 e. The summed E-state index contributed by atoms with van der Waals surface area (Å²) in [6, 6.07) is 4.84. The molecule has 1 N–H and O–H groups in total. The highest BCUT2D eigenvalue weighted by molar-refractivity contribution is 7.90. The first kappa shape index (κ1) is 30.1. The molecule has 42 heavy (non-hydrogen) atoms. The molecule has 4 heterocycles. The number of carbonyl (C=O) groups is 1. The second kappa shape index (κ2) is 10.4. The summed E-state index contributed by atoms with van der Waals surface area (Å²) in [5.74, 6) is -2.53. The van der Waals surface area contributed by atoms with Crippen LogP contribution in [0.2, 0.25) is 0 Å². The molecule has 1 saturated heterocycles. The van der Waals surface area contributed by atoms with Crippen molar-refractivity contribution in [1.82, 2.24) is 29.3 Å². The molecule has 1 aliphatic heterocycles. The number of rotatable bonds is 10. The van der Waals surface area contributed by atoms with E-state index in [9.17, 15) is 22.0 Å². The monoisotopic (exact) mass is 605 g/mol. The number of alkyl halides is 2. The maximum atomic E-state index is 13.9. The average molecular weight is 606 g/mol. The first-order chi connectivity index (χ1) is 19.5. The van der Waals surface area contributed by atoms with Crippen LogP contribution in [-0.2, 0) is 28.4 Å². The van der Waals surface area contributed by atoms with Gasteiger partial charge in [-0.05, 0) is 71.1 Å². The molecule has 0 spiro atoms. The number of pyridine rings is 1. The minimum atomic E-state index is -4.19. The van der Waals surface area contributed by atoms with Crippen LogP contribution in [0.5, 0.6) is 0 Å². The van der Waals surface area contributed by atoms with Gasteiger partial charge in [-0.2, -0.15) is 10.2 Å². The lowest BCUT2D eigenvalue weighted by atomic mass is 9.97. The van der Waals surface area contributed by atoms with E-state index in [1.807, 2.05) is 4.90 Å². The van der Waals surface area contributed by atoms with Crippen LogP contribution in [0.25, 0.3) is 5.82 Å². The fourth-order valence-corrected chi connectivity index (χ4v) is 6.83. The number of nitrogens with zero attached hydrogens (tertiary/aromatic N) is 6. The minimum absolute atomic E-state index is 0.0424. The fraction of sp³-hybridized carbons (Fsp3) is 0.571. The van der Waals surface area contributed by atoms with Gasteiger partial charge in [0.2, 0.25) is 0 Å². The number of amides is 1. The van der Waals surface area contributed by atoms with E-state index in [2.05, 4.69) is 35.7 Å². The van der Waals surface area contributed by atoms with E-state index in [-0.39, 0.29) is 29.2 Å². The van der Waals surface area contributed by atoms with Crippen molar-refractivity contribution in [3.05, 3.63) is 47.5 Å². The summed E-state index contributed by atoms with van der Waals surface area (Å²) < 4.78 is 64.6. The number of aryl methyl sites for hydroxylation is 1. The first-order valence-corrected chi connectivity index (χ1v) is 15.4. The van der Waals surface area contributed by atoms with E-state index in [1.54, 1.807) is 32.3 Å². The first-order valence-electron chi connectivity index (χ1n) is 13.9. The van der Waals surface area contributed by atoms with Crippen molar-refractivity contribution in [3.63, 3.8) is 0 Å². The Labute approximate surface area is 244 Å². The molecule has 228 valence electrons. The Hall–Kier alpha value is -3.39.